The Hall–Kier alpha value is -0.980. The van der Waals surface area contributed by atoms with Gasteiger partial charge >= 0.3 is 0 Å². The summed E-state index contributed by atoms with van der Waals surface area (Å²) in [7, 11) is -3.47. The SMILES string of the molecule is Cc1cc(C(N)=S)ccc1S(=O)(=O)NCC1CC1(C)C. The van der Waals surface area contributed by atoms with E-state index >= 15 is 0 Å². The monoisotopic (exact) mass is 312 g/mol. The molecule has 1 saturated carbocycles. The summed E-state index contributed by atoms with van der Waals surface area (Å²) in [4.78, 5) is 0.556. The lowest BCUT2D eigenvalue weighted by Gasteiger charge is -2.11. The second-order valence-electron chi connectivity index (χ2n) is 6.09. The Morgan fingerprint density at radius 2 is 2.10 bits per heavy atom. The topological polar surface area (TPSA) is 72.2 Å². The van der Waals surface area contributed by atoms with E-state index in [1.807, 2.05) is 0 Å². The molecular weight excluding hydrogens is 292 g/mol. The van der Waals surface area contributed by atoms with Crippen LogP contribution >= 0.6 is 12.2 Å². The maximum Gasteiger partial charge on any atom is 0.240 e. The van der Waals surface area contributed by atoms with Gasteiger partial charge in [-0.15, -0.1) is 0 Å². The van der Waals surface area contributed by atoms with Crippen LogP contribution in [0.2, 0.25) is 0 Å². The fourth-order valence-electron chi connectivity index (χ4n) is 2.32. The number of hydrogen-bond donors (Lipinski definition) is 2. The molecule has 0 amide bonds. The molecule has 0 heterocycles. The summed E-state index contributed by atoms with van der Waals surface area (Å²) < 4.78 is 27.3. The number of rotatable bonds is 5. The number of benzene rings is 1. The van der Waals surface area contributed by atoms with Crippen LogP contribution < -0.4 is 10.5 Å². The summed E-state index contributed by atoms with van der Waals surface area (Å²) >= 11 is 4.89. The van der Waals surface area contributed by atoms with Crippen LogP contribution in [-0.4, -0.2) is 20.0 Å². The predicted octanol–water partition coefficient (Wildman–Crippen LogP) is 1.95. The van der Waals surface area contributed by atoms with Crippen molar-refractivity contribution >= 4 is 27.2 Å². The van der Waals surface area contributed by atoms with Gasteiger partial charge in [0, 0.05) is 12.1 Å². The van der Waals surface area contributed by atoms with Gasteiger partial charge in [-0.3, -0.25) is 0 Å². The van der Waals surface area contributed by atoms with Gasteiger partial charge < -0.3 is 5.73 Å². The van der Waals surface area contributed by atoms with E-state index in [4.69, 9.17) is 18.0 Å². The Labute approximate surface area is 125 Å². The standard InChI is InChI=1S/C14H20N2O2S2/c1-9-6-10(13(15)19)4-5-12(9)20(17,18)16-8-11-7-14(11,2)3/h4-6,11,16H,7-8H2,1-3H3,(H2,15,19). The van der Waals surface area contributed by atoms with E-state index in [1.54, 1.807) is 25.1 Å². The quantitative estimate of drug-likeness (QED) is 0.815. The van der Waals surface area contributed by atoms with Gasteiger partial charge in [0.2, 0.25) is 10.0 Å². The van der Waals surface area contributed by atoms with Crippen molar-refractivity contribution in [2.45, 2.75) is 32.1 Å². The normalized spacial score (nSPS) is 20.6. The molecule has 0 aliphatic heterocycles. The first-order valence-electron chi connectivity index (χ1n) is 6.53. The van der Waals surface area contributed by atoms with E-state index in [2.05, 4.69) is 18.6 Å². The third-order valence-electron chi connectivity index (χ3n) is 3.99. The van der Waals surface area contributed by atoms with Crippen molar-refractivity contribution in [3.05, 3.63) is 29.3 Å². The highest BCUT2D eigenvalue weighted by atomic mass is 32.2. The molecule has 1 unspecified atom stereocenters. The molecule has 6 heteroatoms. The lowest BCUT2D eigenvalue weighted by Crippen LogP contribution is -2.27. The fourth-order valence-corrected chi connectivity index (χ4v) is 3.75. The van der Waals surface area contributed by atoms with Crippen molar-refractivity contribution in [2.24, 2.45) is 17.1 Å². The summed E-state index contributed by atoms with van der Waals surface area (Å²) in [5.41, 5.74) is 7.13. The van der Waals surface area contributed by atoms with Crippen molar-refractivity contribution in [3.63, 3.8) is 0 Å². The highest BCUT2D eigenvalue weighted by Gasteiger charge is 2.45. The smallest absolute Gasteiger partial charge is 0.240 e. The van der Waals surface area contributed by atoms with E-state index in [0.717, 1.165) is 6.42 Å². The van der Waals surface area contributed by atoms with Gasteiger partial charge in [-0.1, -0.05) is 32.1 Å². The minimum atomic E-state index is -3.47. The molecule has 1 aliphatic carbocycles. The van der Waals surface area contributed by atoms with Gasteiger partial charge in [0.25, 0.3) is 0 Å². The van der Waals surface area contributed by atoms with Crippen LogP contribution in [0.25, 0.3) is 0 Å². The van der Waals surface area contributed by atoms with Crippen LogP contribution in [0.3, 0.4) is 0 Å². The maximum atomic E-state index is 12.3. The molecule has 1 aromatic carbocycles. The van der Waals surface area contributed by atoms with Gasteiger partial charge in [0.05, 0.1) is 4.90 Å². The number of nitrogens with one attached hydrogen (secondary N) is 1. The van der Waals surface area contributed by atoms with Gasteiger partial charge in [0.15, 0.2) is 0 Å². The number of thiocarbonyl (C=S) groups is 1. The minimum absolute atomic E-state index is 0.257. The van der Waals surface area contributed by atoms with Gasteiger partial charge in [0.1, 0.15) is 4.99 Å². The first-order chi connectivity index (χ1) is 9.13. The molecule has 1 fully saturated rings. The largest absolute Gasteiger partial charge is 0.389 e. The van der Waals surface area contributed by atoms with Crippen LogP contribution in [0.1, 0.15) is 31.4 Å². The van der Waals surface area contributed by atoms with Crippen molar-refractivity contribution in [1.82, 2.24) is 4.72 Å². The van der Waals surface area contributed by atoms with E-state index in [0.29, 0.717) is 23.6 Å². The molecule has 4 nitrogen and oxygen atoms in total. The number of sulfonamides is 1. The van der Waals surface area contributed by atoms with E-state index in [-0.39, 0.29) is 15.3 Å². The van der Waals surface area contributed by atoms with Crippen LogP contribution in [0, 0.1) is 18.3 Å². The molecule has 0 spiro atoms. The predicted molar refractivity (Wildman–Crippen MR) is 84.1 cm³/mol. The van der Waals surface area contributed by atoms with Crippen molar-refractivity contribution in [2.75, 3.05) is 6.54 Å². The Balaban J connectivity index is 2.15. The molecule has 0 radical (unpaired) electrons. The molecule has 20 heavy (non-hydrogen) atoms. The maximum absolute atomic E-state index is 12.3. The third-order valence-corrected chi connectivity index (χ3v) is 5.81. The molecule has 110 valence electrons. The molecule has 2 rings (SSSR count). The molecule has 0 aromatic heterocycles. The van der Waals surface area contributed by atoms with Crippen LogP contribution in [0.4, 0.5) is 0 Å². The number of hydrogen-bond acceptors (Lipinski definition) is 3. The highest BCUT2D eigenvalue weighted by Crippen LogP contribution is 2.51. The Morgan fingerprint density at radius 1 is 1.50 bits per heavy atom. The minimum Gasteiger partial charge on any atom is -0.389 e. The number of aryl methyl sites for hydroxylation is 1. The molecular formula is C14H20N2O2S2. The van der Waals surface area contributed by atoms with E-state index in [9.17, 15) is 8.42 Å². The first kappa shape index (κ1) is 15.4. The summed E-state index contributed by atoms with van der Waals surface area (Å²) in [6.45, 7) is 6.53. The van der Waals surface area contributed by atoms with Crippen LogP contribution in [0.5, 0.6) is 0 Å². The molecule has 3 N–H and O–H groups in total. The van der Waals surface area contributed by atoms with E-state index < -0.39 is 10.0 Å². The Bertz CT molecular complexity index is 651. The second kappa shape index (κ2) is 5.09. The zero-order valence-corrected chi connectivity index (χ0v) is 13.6. The summed E-state index contributed by atoms with van der Waals surface area (Å²) in [6, 6.07) is 4.91. The molecule has 0 saturated heterocycles. The summed E-state index contributed by atoms with van der Waals surface area (Å²) in [5.74, 6) is 0.425. The summed E-state index contributed by atoms with van der Waals surface area (Å²) in [5, 5.41) is 0. The lowest BCUT2D eigenvalue weighted by atomic mass is 10.1. The van der Waals surface area contributed by atoms with Crippen molar-refractivity contribution < 1.29 is 8.42 Å². The zero-order valence-electron chi connectivity index (χ0n) is 11.9. The Morgan fingerprint density at radius 3 is 2.55 bits per heavy atom. The molecule has 1 aromatic rings. The molecule has 0 bridgehead atoms. The average Bonchev–Trinajstić information content (AvgIpc) is 2.94. The third kappa shape index (κ3) is 3.19. The fraction of sp³-hybridized carbons (Fsp3) is 0.500. The first-order valence-corrected chi connectivity index (χ1v) is 8.43. The molecule has 1 aliphatic rings. The number of nitrogens with two attached hydrogens (primary N) is 1. The second-order valence-corrected chi connectivity index (χ2v) is 8.26. The highest BCUT2D eigenvalue weighted by molar-refractivity contribution is 7.89. The van der Waals surface area contributed by atoms with E-state index in [1.165, 1.54) is 0 Å². The van der Waals surface area contributed by atoms with Crippen molar-refractivity contribution in [3.8, 4) is 0 Å². The lowest BCUT2D eigenvalue weighted by molar-refractivity contribution is 0.537. The van der Waals surface area contributed by atoms with Crippen molar-refractivity contribution in [1.29, 1.82) is 0 Å². The van der Waals surface area contributed by atoms with Crippen LogP contribution in [-0.2, 0) is 10.0 Å². The van der Waals surface area contributed by atoms with Crippen LogP contribution in [0.15, 0.2) is 23.1 Å². The zero-order chi connectivity index (χ0) is 15.1. The molecule has 1 atom stereocenters. The van der Waals surface area contributed by atoms with Gasteiger partial charge in [-0.05, 0) is 42.4 Å². The van der Waals surface area contributed by atoms with Gasteiger partial charge in [-0.2, -0.15) is 0 Å². The Kier molecular flexibility index (Phi) is 3.92. The average molecular weight is 312 g/mol. The summed E-state index contributed by atoms with van der Waals surface area (Å²) in [6.07, 6.45) is 1.06. The van der Waals surface area contributed by atoms with Gasteiger partial charge in [-0.25, -0.2) is 13.1 Å².